The Bertz CT molecular complexity index is 1240. The van der Waals surface area contributed by atoms with Gasteiger partial charge in [-0.05, 0) is 91.2 Å². The van der Waals surface area contributed by atoms with Crippen molar-refractivity contribution in [1.29, 1.82) is 0 Å². The van der Waals surface area contributed by atoms with Crippen molar-refractivity contribution in [2.45, 2.75) is 37.6 Å². The van der Waals surface area contributed by atoms with E-state index < -0.39 is 16.1 Å². The molecule has 0 bridgehead atoms. The molecule has 0 saturated carbocycles. The summed E-state index contributed by atoms with van der Waals surface area (Å²) in [6, 6.07) is 17.6. The highest BCUT2D eigenvalue weighted by Gasteiger charge is 2.50. The maximum atomic E-state index is 14.8. The molecule has 1 N–H and O–H groups in total. The summed E-state index contributed by atoms with van der Waals surface area (Å²) in [7, 11) is 0. The van der Waals surface area contributed by atoms with Gasteiger partial charge in [-0.3, -0.25) is 14.9 Å². The molecule has 3 aromatic carbocycles. The zero-order valence-electron chi connectivity index (χ0n) is 20.3. The monoisotopic (exact) mass is 527 g/mol. The van der Waals surface area contributed by atoms with E-state index in [1.54, 1.807) is 24.3 Å². The van der Waals surface area contributed by atoms with Crippen molar-refractivity contribution >= 4 is 22.9 Å². The summed E-state index contributed by atoms with van der Waals surface area (Å²) in [5.41, 5.74) is 1.14. The number of hydrogen-bond acceptors (Lipinski definition) is 6. The minimum absolute atomic E-state index is 0.0959. The number of benzene rings is 3. The number of amides is 2. The lowest BCUT2D eigenvalue weighted by molar-refractivity contribution is -0.126. The highest BCUT2D eigenvalue weighted by molar-refractivity contribution is 8.15. The third-order valence-corrected chi connectivity index (χ3v) is 6.62. The average molecular weight is 528 g/mol. The first-order chi connectivity index (χ1) is 17.9. The Labute approximate surface area is 218 Å². The Morgan fingerprint density at radius 3 is 2.16 bits per heavy atom. The maximum absolute atomic E-state index is 14.8. The van der Waals surface area contributed by atoms with Crippen molar-refractivity contribution in [2.24, 2.45) is 0 Å². The Morgan fingerprint density at radius 1 is 0.865 bits per heavy atom. The summed E-state index contributed by atoms with van der Waals surface area (Å²) in [6.07, 6.45) is 3.30. The quantitative estimate of drug-likeness (QED) is 0.258. The molecule has 1 saturated heterocycles. The second-order valence-electron chi connectivity index (χ2n) is 8.44. The number of halogens is 2. The molecule has 194 valence electrons. The highest BCUT2D eigenvalue weighted by atomic mass is 32.2. The summed E-state index contributed by atoms with van der Waals surface area (Å²) < 4.78 is 45.5. The van der Waals surface area contributed by atoms with Crippen LogP contribution < -0.4 is 19.5 Å². The Balaban J connectivity index is 1.22. The van der Waals surface area contributed by atoms with Gasteiger partial charge in [-0.15, -0.1) is 0 Å². The van der Waals surface area contributed by atoms with Gasteiger partial charge in [0.1, 0.15) is 28.8 Å². The van der Waals surface area contributed by atoms with Gasteiger partial charge in [0.25, 0.3) is 16.1 Å². The van der Waals surface area contributed by atoms with Crippen LogP contribution in [0.25, 0.3) is 0 Å². The Morgan fingerprint density at radius 2 is 1.51 bits per heavy atom. The predicted octanol–water partition coefficient (Wildman–Crippen LogP) is 6.91. The molecule has 2 amide bonds. The van der Waals surface area contributed by atoms with Crippen molar-refractivity contribution in [3.8, 4) is 23.0 Å². The molecule has 1 atom stereocenters. The second-order valence-corrected chi connectivity index (χ2v) is 9.58. The van der Waals surface area contributed by atoms with Gasteiger partial charge >= 0.3 is 0 Å². The Hall–Kier alpha value is -3.59. The predicted molar refractivity (Wildman–Crippen MR) is 137 cm³/mol. The molecule has 6 nitrogen and oxygen atoms in total. The van der Waals surface area contributed by atoms with Crippen molar-refractivity contribution in [3.63, 3.8) is 0 Å². The topological polar surface area (TPSA) is 73.9 Å². The van der Waals surface area contributed by atoms with Crippen molar-refractivity contribution in [2.75, 3.05) is 13.2 Å². The molecule has 1 heterocycles. The smallest absolute Gasteiger partial charge is 0.289 e. The minimum Gasteiger partial charge on any atom is -0.494 e. The molecule has 0 aliphatic carbocycles. The molecule has 0 aromatic heterocycles. The van der Waals surface area contributed by atoms with Crippen LogP contribution in [0.5, 0.6) is 23.0 Å². The molecule has 1 aliphatic heterocycles. The average Bonchev–Trinajstić information content (AvgIpc) is 3.16. The van der Waals surface area contributed by atoms with Gasteiger partial charge in [0.2, 0.25) is 0 Å². The molecule has 4 rings (SSSR count). The number of nitrogens with one attached hydrogen (secondary N) is 1. The zero-order chi connectivity index (χ0) is 26.3. The third kappa shape index (κ3) is 6.80. The number of carbonyl (C=O) groups excluding carboxylic acids is 2. The molecule has 37 heavy (non-hydrogen) atoms. The fraction of sp³-hybridized carbons (Fsp3) is 0.286. The SMILES string of the molecule is CCCc1cc(Oc2ccc(F)cc2)ccc1OCCCCOc1ccc(C2(F)SC(=O)NC2=O)cc1. The van der Waals surface area contributed by atoms with E-state index in [4.69, 9.17) is 14.2 Å². The van der Waals surface area contributed by atoms with Gasteiger partial charge in [0, 0.05) is 5.56 Å². The number of rotatable bonds is 12. The number of thioether (sulfide) groups is 1. The largest absolute Gasteiger partial charge is 0.494 e. The van der Waals surface area contributed by atoms with Crippen LogP contribution in [0.4, 0.5) is 13.6 Å². The number of aryl methyl sites for hydroxylation is 1. The normalized spacial score (nSPS) is 16.9. The van der Waals surface area contributed by atoms with Gasteiger partial charge in [0.15, 0.2) is 0 Å². The van der Waals surface area contributed by atoms with Gasteiger partial charge < -0.3 is 14.2 Å². The number of ether oxygens (including phenoxy) is 3. The van der Waals surface area contributed by atoms with E-state index >= 15 is 0 Å². The molecule has 0 spiro atoms. The second kappa shape index (κ2) is 12.1. The molecule has 1 fully saturated rings. The van der Waals surface area contributed by atoms with Crippen LogP contribution in [-0.4, -0.2) is 24.4 Å². The molecular formula is C28H27F2NO5S. The zero-order valence-corrected chi connectivity index (χ0v) is 21.1. The van der Waals surface area contributed by atoms with E-state index in [0.717, 1.165) is 37.0 Å². The first kappa shape index (κ1) is 26.5. The number of carbonyl (C=O) groups is 2. The lowest BCUT2D eigenvalue weighted by Crippen LogP contribution is -2.30. The van der Waals surface area contributed by atoms with Crippen LogP contribution >= 0.6 is 11.8 Å². The van der Waals surface area contributed by atoms with Gasteiger partial charge in [0.05, 0.1) is 13.2 Å². The van der Waals surface area contributed by atoms with Crippen molar-refractivity contribution in [1.82, 2.24) is 5.32 Å². The molecule has 0 radical (unpaired) electrons. The van der Waals surface area contributed by atoms with Crippen LogP contribution in [0, 0.1) is 5.82 Å². The first-order valence-corrected chi connectivity index (χ1v) is 12.8. The number of hydrogen-bond donors (Lipinski definition) is 1. The van der Waals surface area contributed by atoms with Crippen molar-refractivity contribution < 1.29 is 32.6 Å². The molecule has 1 unspecified atom stereocenters. The maximum Gasteiger partial charge on any atom is 0.289 e. The van der Waals surface area contributed by atoms with Crippen molar-refractivity contribution in [3.05, 3.63) is 83.7 Å². The Kier molecular flexibility index (Phi) is 8.66. The van der Waals surface area contributed by atoms with E-state index in [2.05, 4.69) is 6.92 Å². The molecule has 1 aliphatic rings. The lowest BCUT2D eigenvalue weighted by atomic mass is 10.1. The van der Waals surface area contributed by atoms with Gasteiger partial charge in [-0.1, -0.05) is 25.5 Å². The minimum atomic E-state index is -2.41. The molecular weight excluding hydrogens is 500 g/mol. The number of unbranched alkanes of at least 4 members (excludes halogenated alkanes) is 1. The van der Waals surface area contributed by atoms with Crippen LogP contribution in [-0.2, 0) is 16.2 Å². The molecule has 9 heteroatoms. The van der Waals surface area contributed by atoms with E-state index in [-0.39, 0.29) is 11.4 Å². The van der Waals surface area contributed by atoms with Crippen LogP contribution in [0.3, 0.4) is 0 Å². The summed E-state index contributed by atoms with van der Waals surface area (Å²) in [5.74, 6) is 1.30. The fourth-order valence-electron chi connectivity index (χ4n) is 3.77. The highest BCUT2D eigenvalue weighted by Crippen LogP contribution is 2.43. The summed E-state index contributed by atoms with van der Waals surface area (Å²) in [6.45, 7) is 3.06. The van der Waals surface area contributed by atoms with E-state index in [1.165, 1.54) is 24.3 Å². The van der Waals surface area contributed by atoms with Crippen LogP contribution in [0.1, 0.15) is 37.3 Å². The van der Waals surface area contributed by atoms with Crippen LogP contribution in [0.15, 0.2) is 66.7 Å². The third-order valence-electron chi connectivity index (χ3n) is 5.63. The fourth-order valence-corrected chi connectivity index (χ4v) is 4.56. The summed E-state index contributed by atoms with van der Waals surface area (Å²) >= 11 is 0.325. The lowest BCUT2D eigenvalue weighted by Gasteiger charge is -2.15. The summed E-state index contributed by atoms with van der Waals surface area (Å²) in [5, 5.41) is -1.15. The van der Waals surface area contributed by atoms with E-state index in [9.17, 15) is 18.4 Å². The molecule has 3 aromatic rings. The van der Waals surface area contributed by atoms with Gasteiger partial charge in [-0.25, -0.2) is 8.78 Å². The number of alkyl halides is 1. The number of imide groups is 1. The van der Waals surface area contributed by atoms with Crippen LogP contribution in [0.2, 0.25) is 0 Å². The van der Waals surface area contributed by atoms with E-state index in [0.29, 0.717) is 42.2 Å². The van der Waals surface area contributed by atoms with Gasteiger partial charge in [-0.2, -0.15) is 0 Å². The standard InChI is InChI=1S/C28H27F2NO5S/c1-2-5-19-18-24(36-23-12-8-21(29)9-13-23)14-15-25(19)35-17-4-3-16-34-22-10-6-20(7-11-22)28(30)26(32)31-27(33)37-28/h6-15,18H,2-5,16-17H2,1H3,(H,31,32,33). The summed E-state index contributed by atoms with van der Waals surface area (Å²) in [4.78, 5) is 23.0. The van der Waals surface area contributed by atoms with E-state index in [1.807, 2.05) is 23.5 Å². The first-order valence-electron chi connectivity index (χ1n) is 12.0.